The molecule has 0 bridgehead atoms. The molecule has 0 amide bonds. The van der Waals surface area contributed by atoms with E-state index in [0.717, 1.165) is 16.0 Å². The number of hydrogen-bond acceptors (Lipinski definition) is 1. The first-order valence-electron chi connectivity index (χ1n) is 7.10. The second-order valence-corrected chi connectivity index (χ2v) is 7.62. The van der Waals surface area contributed by atoms with Crippen molar-refractivity contribution in [3.63, 3.8) is 0 Å². The van der Waals surface area contributed by atoms with Crippen molar-refractivity contribution < 1.29 is 0 Å². The monoisotopic (exact) mass is 365 g/mol. The summed E-state index contributed by atoms with van der Waals surface area (Å²) in [5.41, 5.74) is 2.67. The first-order valence-corrected chi connectivity index (χ1v) is 8.27. The van der Waals surface area contributed by atoms with E-state index in [-0.39, 0.29) is 5.41 Å². The van der Waals surface area contributed by atoms with Crippen molar-refractivity contribution in [3.05, 3.63) is 69.2 Å². The Morgan fingerprint density at radius 2 is 1.76 bits per heavy atom. The van der Waals surface area contributed by atoms with Gasteiger partial charge in [-0.25, -0.2) is 0 Å². The first-order chi connectivity index (χ1) is 9.88. The quantitative estimate of drug-likeness (QED) is 0.702. The Bertz CT molecular complexity index is 590. The Labute approximate surface area is 140 Å². The maximum absolute atomic E-state index is 6.00. The maximum Gasteiger partial charge on any atom is 0.0417 e. The van der Waals surface area contributed by atoms with Crippen molar-refractivity contribution >= 4 is 27.5 Å². The van der Waals surface area contributed by atoms with Gasteiger partial charge in [-0.05, 0) is 28.7 Å². The summed E-state index contributed by atoms with van der Waals surface area (Å²) in [4.78, 5) is 0. The molecule has 21 heavy (non-hydrogen) atoms. The van der Waals surface area contributed by atoms with Crippen molar-refractivity contribution in [1.29, 1.82) is 0 Å². The third kappa shape index (κ3) is 4.57. The molecule has 1 unspecified atom stereocenters. The summed E-state index contributed by atoms with van der Waals surface area (Å²) in [6.45, 7) is 7.58. The van der Waals surface area contributed by atoms with Crippen LogP contribution in [0.15, 0.2) is 53.0 Å². The predicted molar refractivity (Wildman–Crippen MR) is 94.6 cm³/mol. The van der Waals surface area contributed by atoms with E-state index in [2.05, 4.69) is 78.4 Å². The van der Waals surface area contributed by atoms with Gasteiger partial charge in [0.25, 0.3) is 0 Å². The Morgan fingerprint density at radius 3 is 2.33 bits per heavy atom. The highest BCUT2D eigenvalue weighted by molar-refractivity contribution is 9.10. The molecule has 0 aliphatic heterocycles. The molecule has 0 aromatic heterocycles. The molecule has 0 radical (unpaired) electrons. The summed E-state index contributed by atoms with van der Waals surface area (Å²) in [5, 5.41) is 4.43. The van der Waals surface area contributed by atoms with Gasteiger partial charge in [0.05, 0.1) is 0 Å². The lowest BCUT2D eigenvalue weighted by atomic mass is 9.82. The molecule has 0 heterocycles. The second kappa shape index (κ2) is 6.95. The minimum atomic E-state index is 0.139. The lowest BCUT2D eigenvalue weighted by Gasteiger charge is -2.32. The maximum atomic E-state index is 6.00. The van der Waals surface area contributed by atoms with E-state index in [4.69, 9.17) is 11.6 Å². The number of benzene rings is 2. The van der Waals surface area contributed by atoms with Crippen LogP contribution in [0.4, 0.5) is 0 Å². The normalized spacial score (nSPS) is 13.2. The fourth-order valence-electron chi connectivity index (χ4n) is 2.45. The molecule has 112 valence electrons. The summed E-state index contributed by atoms with van der Waals surface area (Å²) in [7, 11) is 0. The van der Waals surface area contributed by atoms with Crippen molar-refractivity contribution in [1.82, 2.24) is 5.32 Å². The second-order valence-electron chi connectivity index (χ2n) is 6.33. The van der Waals surface area contributed by atoms with E-state index in [1.54, 1.807) is 0 Å². The largest absolute Gasteiger partial charge is 0.305 e. The number of halogens is 2. The molecule has 1 atom stereocenters. The van der Waals surface area contributed by atoms with Crippen LogP contribution in [-0.2, 0) is 6.54 Å². The first kappa shape index (κ1) is 16.5. The van der Waals surface area contributed by atoms with Gasteiger partial charge >= 0.3 is 0 Å². The third-order valence-corrected chi connectivity index (χ3v) is 4.48. The van der Waals surface area contributed by atoms with Crippen LogP contribution in [0.25, 0.3) is 0 Å². The van der Waals surface area contributed by atoms with Gasteiger partial charge in [-0.15, -0.1) is 0 Å². The molecule has 0 saturated carbocycles. The fraction of sp³-hybridized carbons (Fsp3) is 0.333. The van der Waals surface area contributed by atoms with Crippen molar-refractivity contribution in [2.45, 2.75) is 33.4 Å². The van der Waals surface area contributed by atoms with E-state index in [1.165, 1.54) is 11.1 Å². The molecular formula is C18H21BrClN. The van der Waals surface area contributed by atoms with Gasteiger partial charge in [-0.1, -0.05) is 84.7 Å². The van der Waals surface area contributed by atoms with E-state index in [0.29, 0.717) is 6.04 Å². The highest BCUT2D eigenvalue weighted by atomic mass is 79.9. The molecule has 2 rings (SSSR count). The molecule has 3 heteroatoms. The molecule has 0 aliphatic carbocycles. The average Bonchev–Trinajstić information content (AvgIpc) is 2.41. The predicted octanol–water partition coefficient (Wildman–Crippen LogP) is 5.98. The van der Waals surface area contributed by atoms with Gasteiger partial charge < -0.3 is 5.32 Å². The van der Waals surface area contributed by atoms with Gasteiger partial charge in [-0.3, -0.25) is 0 Å². The van der Waals surface area contributed by atoms with Crippen LogP contribution in [0.5, 0.6) is 0 Å². The molecule has 0 fully saturated rings. The molecule has 0 aliphatic rings. The summed E-state index contributed by atoms with van der Waals surface area (Å²) in [5.74, 6) is 0. The lowest BCUT2D eigenvalue weighted by Crippen LogP contribution is -2.32. The lowest BCUT2D eigenvalue weighted by molar-refractivity contribution is 0.271. The molecule has 1 nitrogen and oxygen atoms in total. The van der Waals surface area contributed by atoms with Crippen molar-refractivity contribution in [3.8, 4) is 0 Å². The van der Waals surface area contributed by atoms with Crippen LogP contribution in [-0.4, -0.2) is 0 Å². The molecule has 0 saturated heterocycles. The molecular weight excluding hydrogens is 346 g/mol. The topological polar surface area (TPSA) is 12.0 Å². The van der Waals surface area contributed by atoms with E-state index < -0.39 is 0 Å². The van der Waals surface area contributed by atoms with E-state index in [1.807, 2.05) is 12.1 Å². The Balaban J connectivity index is 2.17. The highest BCUT2D eigenvalue weighted by Crippen LogP contribution is 2.33. The fourth-order valence-corrected chi connectivity index (χ4v) is 3.27. The van der Waals surface area contributed by atoms with E-state index in [9.17, 15) is 0 Å². The number of rotatable bonds is 4. The minimum Gasteiger partial charge on any atom is -0.305 e. The van der Waals surface area contributed by atoms with Gasteiger partial charge in [0.1, 0.15) is 0 Å². The molecule has 1 N–H and O–H groups in total. The standard InChI is InChI=1S/C18H21BrClN/c1-18(2,3)17(13-7-5-4-6-8-13)21-12-14-9-10-15(20)11-16(14)19/h4-11,17,21H,12H2,1-3H3. The Kier molecular flexibility index (Phi) is 5.48. The summed E-state index contributed by atoms with van der Waals surface area (Å²) < 4.78 is 1.04. The highest BCUT2D eigenvalue weighted by Gasteiger charge is 2.25. The molecule has 0 spiro atoms. The van der Waals surface area contributed by atoms with Gasteiger partial charge in [0.15, 0.2) is 0 Å². The summed E-state index contributed by atoms with van der Waals surface area (Å²) in [6.07, 6.45) is 0. The van der Waals surface area contributed by atoms with Gasteiger partial charge in [-0.2, -0.15) is 0 Å². The van der Waals surface area contributed by atoms with Crippen LogP contribution >= 0.6 is 27.5 Å². The summed E-state index contributed by atoms with van der Waals surface area (Å²) in [6, 6.07) is 16.8. The zero-order valence-corrected chi connectivity index (χ0v) is 15.0. The SMILES string of the molecule is CC(C)(C)C(NCc1ccc(Cl)cc1Br)c1ccccc1. The van der Waals surface area contributed by atoms with Crippen LogP contribution < -0.4 is 5.32 Å². The van der Waals surface area contributed by atoms with Crippen LogP contribution in [0, 0.1) is 5.41 Å². The zero-order valence-electron chi connectivity index (χ0n) is 12.7. The van der Waals surface area contributed by atoms with Crippen LogP contribution in [0.3, 0.4) is 0 Å². The van der Waals surface area contributed by atoms with Crippen LogP contribution in [0.1, 0.15) is 37.9 Å². The van der Waals surface area contributed by atoms with Crippen molar-refractivity contribution in [2.24, 2.45) is 5.41 Å². The van der Waals surface area contributed by atoms with Crippen LogP contribution in [0.2, 0.25) is 5.02 Å². The molecule has 2 aromatic carbocycles. The average molecular weight is 367 g/mol. The van der Waals surface area contributed by atoms with Crippen molar-refractivity contribution in [2.75, 3.05) is 0 Å². The minimum absolute atomic E-state index is 0.139. The summed E-state index contributed by atoms with van der Waals surface area (Å²) >= 11 is 9.58. The smallest absolute Gasteiger partial charge is 0.0417 e. The number of hydrogen-bond donors (Lipinski definition) is 1. The zero-order chi connectivity index (χ0) is 15.5. The number of nitrogens with one attached hydrogen (secondary N) is 1. The van der Waals surface area contributed by atoms with Gasteiger partial charge in [0.2, 0.25) is 0 Å². The Hall–Kier alpha value is -0.830. The third-order valence-electron chi connectivity index (χ3n) is 3.51. The Morgan fingerprint density at radius 1 is 1.10 bits per heavy atom. The van der Waals surface area contributed by atoms with Gasteiger partial charge in [0, 0.05) is 22.1 Å². The molecule has 2 aromatic rings. The van der Waals surface area contributed by atoms with E-state index >= 15 is 0 Å².